The zero-order valence-corrected chi connectivity index (χ0v) is 16.2. The summed E-state index contributed by atoms with van der Waals surface area (Å²) in [5, 5.41) is 2.68. The molecule has 0 bridgehead atoms. The van der Waals surface area contributed by atoms with E-state index in [-0.39, 0.29) is 11.8 Å². The van der Waals surface area contributed by atoms with Gasteiger partial charge in [-0.2, -0.15) is 0 Å². The molecule has 2 amide bonds. The molecule has 2 aromatic carbocycles. The Morgan fingerprint density at radius 1 is 1.04 bits per heavy atom. The van der Waals surface area contributed by atoms with Gasteiger partial charge in [0.1, 0.15) is 6.04 Å². The van der Waals surface area contributed by atoms with Crippen LogP contribution in [-0.4, -0.2) is 35.6 Å². The molecule has 0 aromatic heterocycles. The third-order valence-electron chi connectivity index (χ3n) is 4.16. The number of hydrogen-bond acceptors (Lipinski definition) is 3. The van der Waals surface area contributed by atoms with Crippen LogP contribution in [0, 0.1) is 0 Å². The Hall–Kier alpha value is -2.27. The van der Waals surface area contributed by atoms with Gasteiger partial charge in [-0.25, -0.2) is 0 Å². The number of benzene rings is 2. The van der Waals surface area contributed by atoms with Gasteiger partial charge in [-0.3, -0.25) is 9.59 Å². The number of carbonyl (C=O) groups is 2. The largest absolute Gasteiger partial charge is 0.357 e. The molecule has 26 heavy (non-hydrogen) atoms. The maximum atomic E-state index is 12.9. The average Bonchev–Trinajstić information content (AvgIpc) is 2.69. The van der Waals surface area contributed by atoms with Crippen molar-refractivity contribution in [3.8, 4) is 0 Å². The third-order valence-corrected chi connectivity index (χ3v) is 5.17. The minimum Gasteiger partial charge on any atom is -0.357 e. The minimum absolute atomic E-state index is 0.00716. The third kappa shape index (κ3) is 5.92. The Morgan fingerprint density at radius 2 is 1.65 bits per heavy atom. The Balaban J connectivity index is 2.05. The molecule has 0 fully saturated rings. The number of likely N-dealkylation sites (N-methyl/N-ethyl adjacent to an activating group) is 1. The Bertz CT molecular complexity index is 692. The number of nitrogens with one attached hydrogen (secondary N) is 1. The summed E-state index contributed by atoms with van der Waals surface area (Å²) in [5.41, 5.74) is 1.03. The number of hydrogen-bond donors (Lipinski definition) is 1. The van der Waals surface area contributed by atoms with E-state index >= 15 is 0 Å². The SMILES string of the molecule is CC[C@H](C(=O)NC)N(Cc1ccccc1)C(=O)CCSc1ccccc1. The van der Waals surface area contributed by atoms with Crippen molar-refractivity contribution < 1.29 is 9.59 Å². The lowest BCUT2D eigenvalue weighted by molar-refractivity contribution is -0.140. The van der Waals surface area contributed by atoms with Gasteiger partial charge < -0.3 is 10.2 Å². The fraction of sp³-hybridized carbons (Fsp3) is 0.333. The van der Waals surface area contributed by atoms with Gasteiger partial charge in [-0.05, 0) is 24.1 Å². The fourth-order valence-corrected chi connectivity index (χ4v) is 3.64. The van der Waals surface area contributed by atoms with E-state index in [0.29, 0.717) is 25.1 Å². The van der Waals surface area contributed by atoms with Crippen LogP contribution in [-0.2, 0) is 16.1 Å². The summed E-state index contributed by atoms with van der Waals surface area (Å²) in [6, 6.07) is 19.4. The molecule has 138 valence electrons. The standard InChI is InChI=1S/C21H26N2O2S/c1-3-19(21(25)22-2)23(16-17-10-6-4-7-11-17)20(24)14-15-26-18-12-8-5-9-13-18/h4-13,19H,3,14-16H2,1-2H3,(H,22,25)/t19-/m1/s1. The molecule has 4 nitrogen and oxygen atoms in total. The van der Waals surface area contributed by atoms with Crippen LogP contribution in [0.2, 0.25) is 0 Å². The number of amides is 2. The van der Waals surface area contributed by atoms with Crippen molar-refractivity contribution in [2.75, 3.05) is 12.8 Å². The van der Waals surface area contributed by atoms with Crippen molar-refractivity contribution in [3.63, 3.8) is 0 Å². The summed E-state index contributed by atoms with van der Waals surface area (Å²) in [6.45, 7) is 2.38. The van der Waals surface area contributed by atoms with Gasteiger partial charge in [0.2, 0.25) is 11.8 Å². The van der Waals surface area contributed by atoms with Crippen LogP contribution in [0.1, 0.15) is 25.3 Å². The lowest BCUT2D eigenvalue weighted by Gasteiger charge is -2.30. The molecule has 0 spiro atoms. The number of nitrogens with zero attached hydrogens (tertiary/aromatic N) is 1. The molecule has 0 saturated heterocycles. The molecule has 2 aromatic rings. The molecular formula is C21H26N2O2S. The number of carbonyl (C=O) groups excluding carboxylic acids is 2. The first-order chi connectivity index (χ1) is 12.7. The molecule has 2 rings (SSSR count). The molecule has 0 radical (unpaired) electrons. The zero-order valence-electron chi connectivity index (χ0n) is 15.4. The fourth-order valence-electron chi connectivity index (χ4n) is 2.78. The highest BCUT2D eigenvalue weighted by Gasteiger charge is 2.27. The highest BCUT2D eigenvalue weighted by molar-refractivity contribution is 7.99. The van der Waals surface area contributed by atoms with E-state index in [1.54, 1.807) is 23.7 Å². The molecule has 1 atom stereocenters. The van der Waals surface area contributed by atoms with Crippen LogP contribution in [0.15, 0.2) is 65.6 Å². The summed E-state index contributed by atoms with van der Waals surface area (Å²) in [4.78, 5) is 28.0. The maximum Gasteiger partial charge on any atom is 0.242 e. The number of rotatable bonds is 9. The molecule has 0 heterocycles. The van der Waals surface area contributed by atoms with Crippen LogP contribution in [0.4, 0.5) is 0 Å². The van der Waals surface area contributed by atoms with Gasteiger partial charge in [0.25, 0.3) is 0 Å². The lowest BCUT2D eigenvalue weighted by atomic mass is 10.1. The predicted octanol–water partition coefficient (Wildman–Crippen LogP) is 3.72. The summed E-state index contributed by atoms with van der Waals surface area (Å²) >= 11 is 1.66. The van der Waals surface area contributed by atoms with Crippen molar-refractivity contribution in [2.24, 2.45) is 0 Å². The average molecular weight is 371 g/mol. The van der Waals surface area contributed by atoms with E-state index in [1.807, 2.05) is 67.6 Å². The van der Waals surface area contributed by atoms with Gasteiger partial charge in [0.15, 0.2) is 0 Å². The summed E-state index contributed by atoms with van der Waals surface area (Å²) in [5.74, 6) is 0.582. The lowest BCUT2D eigenvalue weighted by Crippen LogP contribution is -2.48. The van der Waals surface area contributed by atoms with Gasteiger partial charge in [-0.1, -0.05) is 55.5 Å². The van der Waals surface area contributed by atoms with Crippen molar-refractivity contribution in [2.45, 2.75) is 37.2 Å². The van der Waals surface area contributed by atoms with Crippen LogP contribution < -0.4 is 5.32 Å². The molecule has 5 heteroatoms. The first-order valence-electron chi connectivity index (χ1n) is 8.88. The molecule has 0 saturated carbocycles. The van der Waals surface area contributed by atoms with Crippen LogP contribution in [0.5, 0.6) is 0 Å². The number of thioether (sulfide) groups is 1. The van der Waals surface area contributed by atoms with E-state index in [0.717, 1.165) is 10.5 Å². The molecule has 0 aliphatic rings. The maximum absolute atomic E-state index is 12.9. The van der Waals surface area contributed by atoms with Gasteiger partial charge >= 0.3 is 0 Å². The Kier molecular flexibility index (Phi) is 8.22. The molecule has 0 aliphatic carbocycles. The quantitative estimate of drug-likeness (QED) is 0.685. The smallest absolute Gasteiger partial charge is 0.242 e. The first-order valence-corrected chi connectivity index (χ1v) is 9.87. The highest BCUT2D eigenvalue weighted by atomic mass is 32.2. The second kappa shape index (κ2) is 10.7. The van der Waals surface area contributed by atoms with Gasteiger partial charge in [0, 0.05) is 30.7 Å². The van der Waals surface area contributed by atoms with E-state index in [2.05, 4.69) is 5.32 Å². The molecule has 0 unspecified atom stereocenters. The van der Waals surface area contributed by atoms with Gasteiger partial charge in [-0.15, -0.1) is 11.8 Å². The van der Waals surface area contributed by atoms with E-state index in [1.165, 1.54) is 0 Å². The van der Waals surface area contributed by atoms with Crippen LogP contribution in [0.3, 0.4) is 0 Å². The van der Waals surface area contributed by atoms with Crippen LogP contribution in [0.25, 0.3) is 0 Å². The second-order valence-electron chi connectivity index (χ2n) is 5.96. The van der Waals surface area contributed by atoms with Gasteiger partial charge in [0.05, 0.1) is 0 Å². The van der Waals surface area contributed by atoms with Crippen molar-refractivity contribution in [3.05, 3.63) is 66.2 Å². The summed E-state index contributed by atoms with van der Waals surface area (Å²) in [7, 11) is 1.61. The summed E-state index contributed by atoms with van der Waals surface area (Å²) < 4.78 is 0. The zero-order chi connectivity index (χ0) is 18.8. The van der Waals surface area contributed by atoms with E-state index in [4.69, 9.17) is 0 Å². The molecular weight excluding hydrogens is 344 g/mol. The topological polar surface area (TPSA) is 49.4 Å². The summed E-state index contributed by atoms with van der Waals surface area (Å²) in [6.07, 6.45) is 0.990. The Morgan fingerprint density at radius 3 is 2.23 bits per heavy atom. The first kappa shape index (κ1) is 20.0. The van der Waals surface area contributed by atoms with Crippen molar-refractivity contribution in [1.29, 1.82) is 0 Å². The monoisotopic (exact) mass is 370 g/mol. The predicted molar refractivity (Wildman–Crippen MR) is 107 cm³/mol. The van der Waals surface area contributed by atoms with Crippen molar-refractivity contribution >= 4 is 23.6 Å². The van der Waals surface area contributed by atoms with Crippen molar-refractivity contribution in [1.82, 2.24) is 10.2 Å². The molecule has 0 aliphatic heterocycles. The van der Waals surface area contributed by atoms with Crippen LogP contribution >= 0.6 is 11.8 Å². The van der Waals surface area contributed by atoms with E-state index in [9.17, 15) is 9.59 Å². The normalized spacial score (nSPS) is 11.6. The minimum atomic E-state index is -0.450. The Labute approximate surface area is 160 Å². The van der Waals surface area contributed by atoms with E-state index < -0.39 is 6.04 Å². The highest BCUT2D eigenvalue weighted by Crippen LogP contribution is 2.20. The second-order valence-corrected chi connectivity index (χ2v) is 7.13. The molecule has 1 N–H and O–H groups in total.